The molecule has 1 aromatic rings. The fraction of sp³-hybridized carbons (Fsp3) is 0.636. The van der Waals surface area contributed by atoms with E-state index in [1.165, 1.54) is 5.69 Å². The number of carbonyl (C=O) groups excluding carboxylic acids is 1. The molecule has 1 heterocycles. The molecule has 170 valence electrons. The predicted octanol–water partition coefficient (Wildman–Crippen LogP) is 2.57. The Balaban J connectivity index is 0.00000450. The lowest BCUT2D eigenvalue weighted by atomic mass is 10.0. The maximum Gasteiger partial charge on any atom is 0.242 e. The zero-order valence-corrected chi connectivity index (χ0v) is 21.1. The summed E-state index contributed by atoms with van der Waals surface area (Å²) in [5.41, 5.74) is 1.22. The number of ether oxygens (including phenoxy) is 1. The normalized spacial score (nSPS) is 15.6. The van der Waals surface area contributed by atoms with Crippen LogP contribution in [0, 0.1) is 5.92 Å². The van der Waals surface area contributed by atoms with Crippen molar-refractivity contribution >= 4 is 41.5 Å². The molecule has 8 heteroatoms. The van der Waals surface area contributed by atoms with E-state index in [2.05, 4.69) is 46.5 Å². The van der Waals surface area contributed by atoms with Gasteiger partial charge in [-0.25, -0.2) is 0 Å². The predicted molar refractivity (Wildman–Crippen MR) is 135 cm³/mol. The highest BCUT2D eigenvalue weighted by Crippen LogP contribution is 2.15. The summed E-state index contributed by atoms with van der Waals surface area (Å²) in [6.07, 6.45) is 1.13. The van der Waals surface area contributed by atoms with E-state index >= 15 is 0 Å². The molecule has 0 aromatic heterocycles. The largest absolute Gasteiger partial charge is 0.378 e. The molecule has 0 radical (unpaired) electrons. The Labute approximate surface area is 198 Å². The third-order valence-electron chi connectivity index (χ3n) is 5.23. The first kappa shape index (κ1) is 26.5. The molecule has 1 amide bonds. The van der Waals surface area contributed by atoms with Crippen LogP contribution in [0.5, 0.6) is 0 Å². The average molecular weight is 531 g/mol. The molecule has 2 N–H and O–H groups in total. The van der Waals surface area contributed by atoms with Crippen LogP contribution in [-0.2, 0) is 9.53 Å². The third kappa shape index (κ3) is 8.67. The van der Waals surface area contributed by atoms with E-state index in [0.717, 1.165) is 45.8 Å². The van der Waals surface area contributed by atoms with Gasteiger partial charge in [0.2, 0.25) is 5.91 Å². The van der Waals surface area contributed by atoms with Gasteiger partial charge in [0.05, 0.1) is 12.6 Å². The first-order valence-corrected chi connectivity index (χ1v) is 10.7. The fourth-order valence-electron chi connectivity index (χ4n) is 3.50. The van der Waals surface area contributed by atoms with Gasteiger partial charge in [-0.1, -0.05) is 32.0 Å². The second-order valence-corrected chi connectivity index (χ2v) is 7.58. The number of rotatable bonds is 9. The minimum Gasteiger partial charge on any atom is -0.378 e. The smallest absolute Gasteiger partial charge is 0.242 e. The van der Waals surface area contributed by atoms with Gasteiger partial charge in [0.1, 0.15) is 0 Å². The Hall–Kier alpha value is -1.55. The Morgan fingerprint density at radius 2 is 1.80 bits per heavy atom. The number of hydrogen-bond acceptors (Lipinski definition) is 4. The number of nitrogens with zero attached hydrogens (tertiary/aromatic N) is 3. The Morgan fingerprint density at radius 1 is 1.13 bits per heavy atom. The number of guanidine groups is 1. The van der Waals surface area contributed by atoms with Crippen molar-refractivity contribution in [3.8, 4) is 0 Å². The lowest BCUT2D eigenvalue weighted by Gasteiger charge is -2.36. The molecule has 1 atom stereocenters. The molecule has 1 aromatic carbocycles. The molecule has 1 aliphatic heterocycles. The van der Waals surface area contributed by atoms with E-state index in [0.29, 0.717) is 11.9 Å². The number of aliphatic imine (C=N–C) groups is 1. The molecule has 0 saturated carbocycles. The molecular weight excluding hydrogens is 493 g/mol. The van der Waals surface area contributed by atoms with Gasteiger partial charge in [0.25, 0.3) is 0 Å². The number of carbonyl (C=O) groups is 1. The van der Waals surface area contributed by atoms with Crippen molar-refractivity contribution in [2.45, 2.75) is 33.3 Å². The maximum absolute atomic E-state index is 12.6. The standard InChI is InChI=1S/C22H37N5O2.HI/c1-5-29-20(18(2)3)11-12-24-22(23-4)25-17-21(28)27-15-13-26(14-16-27)19-9-7-6-8-10-19;/h6-10,18,20H,5,11-17H2,1-4H3,(H2,23,24,25);1H. The van der Waals surface area contributed by atoms with Gasteiger partial charge in [-0.3, -0.25) is 9.79 Å². The third-order valence-corrected chi connectivity index (χ3v) is 5.23. The Morgan fingerprint density at radius 3 is 2.37 bits per heavy atom. The van der Waals surface area contributed by atoms with Gasteiger partial charge in [0.15, 0.2) is 5.96 Å². The van der Waals surface area contributed by atoms with Crippen LogP contribution in [0.2, 0.25) is 0 Å². The number of halogens is 1. The first-order chi connectivity index (χ1) is 14.0. The van der Waals surface area contributed by atoms with Gasteiger partial charge in [-0.05, 0) is 31.4 Å². The van der Waals surface area contributed by atoms with Crippen molar-refractivity contribution in [2.75, 3.05) is 57.8 Å². The highest BCUT2D eigenvalue weighted by Gasteiger charge is 2.21. The van der Waals surface area contributed by atoms with E-state index < -0.39 is 0 Å². The number of piperazine rings is 1. The van der Waals surface area contributed by atoms with Gasteiger partial charge in [-0.15, -0.1) is 24.0 Å². The van der Waals surface area contributed by atoms with E-state index in [1.54, 1.807) is 7.05 Å². The summed E-state index contributed by atoms with van der Waals surface area (Å²) in [6, 6.07) is 10.4. The van der Waals surface area contributed by atoms with Crippen LogP contribution < -0.4 is 15.5 Å². The molecule has 1 fully saturated rings. The van der Waals surface area contributed by atoms with Crippen molar-refractivity contribution in [3.63, 3.8) is 0 Å². The van der Waals surface area contributed by atoms with Crippen LogP contribution in [0.3, 0.4) is 0 Å². The lowest BCUT2D eigenvalue weighted by molar-refractivity contribution is -0.130. The summed E-state index contributed by atoms with van der Waals surface area (Å²) in [4.78, 5) is 21.0. The molecule has 2 rings (SSSR count). The SMILES string of the molecule is CCOC(CCNC(=NC)NCC(=O)N1CCN(c2ccccc2)CC1)C(C)C.I. The minimum atomic E-state index is 0. The van der Waals surface area contributed by atoms with Gasteiger partial charge < -0.3 is 25.2 Å². The molecular formula is C22H38IN5O2. The lowest BCUT2D eigenvalue weighted by Crippen LogP contribution is -2.52. The molecule has 0 bridgehead atoms. The summed E-state index contributed by atoms with van der Waals surface area (Å²) in [5.74, 6) is 1.23. The van der Waals surface area contributed by atoms with Gasteiger partial charge in [0, 0.05) is 52.1 Å². The summed E-state index contributed by atoms with van der Waals surface area (Å²) >= 11 is 0. The number of para-hydroxylation sites is 1. The monoisotopic (exact) mass is 531 g/mol. The molecule has 1 saturated heterocycles. The van der Waals surface area contributed by atoms with E-state index in [-0.39, 0.29) is 42.5 Å². The van der Waals surface area contributed by atoms with Crippen LogP contribution in [0.4, 0.5) is 5.69 Å². The number of hydrogen-bond donors (Lipinski definition) is 2. The average Bonchev–Trinajstić information content (AvgIpc) is 2.75. The van der Waals surface area contributed by atoms with E-state index in [9.17, 15) is 4.79 Å². The zero-order valence-electron chi connectivity index (χ0n) is 18.8. The van der Waals surface area contributed by atoms with Crippen molar-refractivity contribution in [2.24, 2.45) is 10.9 Å². The summed E-state index contributed by atoms with van der Waals surface area (Å²) in [5, 5.41) is 6.42. The summed E-state index contributed by atoms with van der Waals surface area (Å²) < 4.78 is 5.77. The van der Waals surface area contributed by atoms with Crippen molar-refractivity contribution in [3.05, 3.63) is 30.3 Å². The van der Waals surface area contributed by atoms with Crippen molar-refractivity contribution in [1.29, 1.82) is 0 Å². The highest BCUT2D eigenvalue weighted by atomic mass is 127. The molecule has 30 heavy (non-hydrogen) atoms. The van der Waals surface area contributed by atoms with Gasteiger partial charge >= 0.3 is 0 Å². The Kier molecular flexibility index (Phi) is 12.8. The maximum atomic E-state index is 12.6. The van der Waals surface area contributed by atoms with Crippen LogP contribution in [0.1, 0.15) is 27.2 Å². The van der Waals surface area contributed by atoms with E-state index in [4.69, 9.17) is 4.74 Å². The topological polar surface area (TPSA) is 69.2 Å². The Bertz CT molecular complexity index is 634. The minimum absolute atomic E-state index is 0. The van der Waals surface area contributed by atoms with Crippen molar-refractivity contribution < 1.29 is 9.53 Å². The summed E-state index contributed by atoms with van der Waals surface area (Å²) in [6.45, 7) is 11.3. The number of nitrogens with one attached hydrogen (secondary N) is 2. The molecule has 0 spiro atoms. The zero-order chi connectivity index (χ0) is 21.1. The number of benzene rings is 1. The quantitative estimate of drug-likeness (QED) is 0.291. The highest BCUT2D eigenvalue weighted by molar-refractivity contribution is 14.0. The van der Waals surface area contributed by atoms with Crippen LogP contribution in [-0.4, -0.2) is 75.8 Å². The molecule has 0 aliphatic carbocycles. The second-order valence-electron chi connectivity index (χ2n) is 7.58. The van der Waals surface area contributed by atoms with Crippen LogP contribution >= 0.6 is 24.0 Å². The molecule has 7 nitrogen and oxygen atoms in total. The number of amides is 1. The number of anilines is 1. The van der Waals surface area contributed by atoms with Gasteiger partial charge in [-0.2, -0.15) is 0 Å². The van der Waals surface area contributed by atoms with Crippen LogP contribution in [0.25, 0.3) is 0 Å². The van der Waals surface area contributed by atoms with E-state index in [1.807, 2.05) is 30.0 Å². The molecule has 1 aliphatic rings. The van der Waals surface area contributed by atoms with Crippen LogP contribution in [0.15, 0.2) is 35.3 Å². The summed E-state index contributed by atoms with van der Waals surface area (Å²) in [7, 11) is 1.72. The molecule has 1 unspecified atom stereocenters. The van der Waals surface area contributed by atoms with Crippen molar-refractivity contribution in [1.82, 2.24) is 15.5 Å². The second kappa shape index (κ2) is 14.5. The first-order valence-electron chi connectivity index (χ1n) is 10.7. The fourth-order valence-corrected chi connectivity index (χ4v) is 3.50.